The Morgan fingerprint density at radius 3 is 2.54 bits per heavy atom. The molecule has 3 N–H and O–H groups in total. The number of ether oxygens (including phenoxy) is 1. The lowest BCUT2D eigenvalue weighted by molar-refractivity contribution is -0.141. The van der Waals surface area contributed by atoms with Gasteiger partial charge in [0.2, 0.25) is 0 Å². The number of nitrogens with one attached hydrogen (secondary N) is 1. The fourth-order valence-corrected chi connectivity index (χ4v) is 2.85. The summed E-state index contributed by atoms with van der Waals surface area (Å²) in [6, 6.07) is 8.48. The van der Waals surface area contributed by atoms with Crippen molar-refractivity contribution in [1.29, 1.82) is 0 Å². The van der Waals surface area contributed by atoms with Crippen LogP contribution < -0.4 is 15.8 Å². The van der Waals surface area contributed by atoms with E-state index >= 15 is 0 Å². The lowest BCUT2D eigenvalue weighted by atomic mass is 10.1. The molecule has 0 radical (unpaired) electrons. The van der Waals surface area contributed by atoms with E-state index in [4.69, 9.17) is 10.5 Å². The molecule has 0 aliphatic carbocycles. The van der Waals surface area contributed by atoms with Gasteiger partial charge in [0.05, 0.1) is 17.1 Å². The van der Waals surface area contributed by atoms with E-state index in [2.05, 4.69) is 10.4 Å². The number of amides is 1. The van der Waals surface area contributed by atoms with Crippen molar-refractivity contribution in [1.82, 2.24) is 9.78 Å². The van der Waals surface area contributed by atoms with E-state index in [0.29, 0.717) is 5.75 Å². The molecule has 1 aliphatic heterocycles. The number of carbonyl (C=O) groups excluding carboxylic acids is 1. The minimum absolute atomic E-state index is 0.0269. The summed E-state index contributed by atoms with van der Waals surface area (Å²) in [4.78, 5) is 11.5. The Hall–Kier alpha value is -3.56. The number of nitrogen functional groups attached to an aromatic ring is 1. The highest BCUT2D eigenvalue weighted by atomic mass is 19.4. The number of anilines is 2. The molecule has 1 aromatic heterocycles. The van der Waals surface area contributed by atoms with Crippen molar-refractivity contribution < 1.29 is 27.1 Å². The van der Waals surface area contributed by atoms with Gasteiger partial charge in [0, 0.05) is 17.3 Å². The second-order valence-corrected chi connectivity index (χ2v) is 6.07. The van der Waals surface area contributed by atoms with E-state index < -0.39 is 23.6 Å². The zero-order chi connectivity index (χ0) is 20.1. The quantitative estimate of drug-likeness (QED) is 0.516. The van der Waals surface area contributed by atoms with E-state index in [1.165, 1.54) is 24.3 Å². The maximum atomic E-state index is 13.3. The number of fused-ring (bicyclic) bond motifs is 1. The van der Waals surface area contributed by atoms with Crippen LogP contribution in [0, 0.1) is 5.82 Å². The summed E-state index contributed by atoms with van der Waals surface area (Å²) in [6.07, 6.45) is -4.69. The van der Waals surface area contributed by atoms with Gasteiger partial charge in [0.1, 0.15) is 11.6 Å². The van der Waals surface area contributed by atoms with Crippen LogP contribution in [0.25, 0.3) is 16.9 Å². The molecule has 0 spiro atoms. The molecule has 28 heavy (non-hydrogen) atoms. The first-order valence-electron chi connectivity index (χ1n) is 8.02. The molecule has 0 atom stereocenters. The fourth-order valence-electron chi connectivity index (χ4n) is 2.85. The van der Waals surface area contributed by atoms with Crippen LogP contribution in [0.4, 0.5) is 28.9 Å². The van der Waals surface area contributed by atoms with Crippen LogP contribution >= 0.6 is 0 Å². The van der Waals surface area contributed by atoms with Gasteiger partial charge in [0.25, 0.3) is 5.91 Å². The van der Waals surface area contributed by atoms with Gasteiger partial charge >= 0.3 is 6.18 Å². The van der Waals surface area contributed by atoms with Crippen LogP contribution in [0.3, 0.4) is 0 Å². The van der Waals surface area contributed by atoms with Gasteiger partial charge in [-0.2, -0.15) is 18.3 Å². The zero-order valence-electron chi connectivity index (χ0n) is 14.0. The molecule has 4 rings (SSSR count). The smallest absolute Gasteiger partial charge is 0.435 e. The van der Waals surface area contributed by atoms with Gasteiger partial charge in [-0.05, 0) is 36.4 Å². The molecule has 2 aromatic carbocycles. The standard InChI is InChI=1S/C18H12F4N4O2/c19-9-1-3-10(4-2-9)26-14(7-16(25-26)18(20,21)22)11-5-13-15(6-12(11)23)28-8-17(27)24-13/h1-7H,8,23H2,(H,24,27). The molecule has 10 heteroatoms. The van der Waals surface area contributed by atoms with Gasteiger partial charge in [-0.15, -0.1) is 0 Å². The normalized spacial score (nSPS) is 13.6. The molecule has 0 saturated carbocycles. The maximum Gasteiger partial charge on any atom is 0.435 e. The molecule has 0 unspecified atom stereocenters. The van der Waals surface area contributed by atoms with Crippen LogP contribution in [0.1, 0.15) is 5.69 Å². The predicted molar refractivity (Wildman–Crippen MR) is 92.5 cm³/mol. The van der Waals surface area contributed by atoms with Crippen molar-refractivity contribution in [2.75, 3.05) is 17.7 Å². The van der Waals surface area contributed by atoms with E-state index in [0.717, 1.165) is 22.9 Å². The molecule has 1 amide bonds. The molecular weight excluding hydrogens is 380 g/mol. The van der Waals surface area contributed by atoms with Gasteiger partial charge in [0.15, 0.2) is 12.3 Å². The summed E-state index contributed by atoms with van der Waals surface area (Å²) < 4.78 is 59.3. The summed E-state index contributed by atoms with van der Waals surface area (Å²) in [6.45, 7) is -0.183. The second kappa shape index (κ2) is 6.25. The maximum absolute atomic E-state index is 13.3. The van der Waals surface area contributed by atoms with E-state index in [9.17, 15) is 22.4 Å². The van der Waals surface area contributed by atoms with Crippen LogP contribution in [0.5, 0.6) is 5.75 Å². The summed E-state index contributed by atoms with van der Waals surface area (Å²) in [5.41, 5.74) is 5.75. The highest BCUT2D eigenvalue weighted by Crippen LogP contribution is 2.40. The van der Waals surface area contributed by atoms with Crippen molar-refractivity contribution in [2.24, 2.45) is 0 Å². The molecular formula is C18H12F4N4O2. The Balaban J connectivity index is 1.92. The van der Waals surface area contributed by atoms with Gasteiger partial charge in [-0.25, -0.2) is 9.07 Å². The molecule has 0 saturated heterocycles. The summed E-state index contributed by atoms with van der Waals surface area (Å²) in [5, 5.41) is 6.20. The van der Waals surface area contributed by atoms with Gasteiger partial charge < -0.3 is 15.8 Å². The number of aromatic nitrogens is 2. The molecule has 6 nitrogen and oxygen atoms in total. The second-order valence-electron chi connectivity index (χ2n) is 6.07. The minimum Gasteiger partial charge on any atom is -0.482 e. The first-order chi connectivity index (χ1) is 13.2. The van der Waals surface area contributed by atoms with Crippen molar-refractivity contribution in [3.8, 4) is 22.7 Å². The molecule has 0 fully saturated rings. The number of nitrogens with zero attached hydrogens (tertiary/aromatic N) is 2. The Labute approximate surface area is 155 Å². The number of nitrogens with two attached hydrogens (primary N) is 1. The Kier molecular flexibility index (Phi) is 3.98. The first-order valence-corrected chi connectivity index (χ1v) is 8.02. The lowest BCUT2D eigenvalue weighted by Crippen LogP contribution is -2.25. The lowest BCUT2D eigenvalue weighted by Gasteiger charge is -2.20. The number of hydrogen-bond donors (Lipinski definition) is 2. The average Bonchev–Trinajstić information content (AvgIpc) is 3.07. The van der Waals surface area contributed by atoms with Crippen molar-refractivity contribution in [2.45, 2.75) is 6.18 Å². The monoisotopic (exact) mass is 392 g/mol. The fraction of sp³-hybridized carbons (Fsp3) is 0.111. The Morgan fingerprint density at radius 2 is 1.86 bits per heavy atom. The van der Waals surface area contributed by atoms with Crippen molar-refractivity contribution in [3.63, 3.8) is 0 Å². The zero-order valence-corrected chi connectivity index (χ0v) is 14.0. The van der Waals surface area contributed by atoms with Crippen molar-refractivity contribution in [3.05, 3.63) is 54.0 Å². The number of halogens is 4. The van der Waals surface area contributed by atoms with Crippen LogP contribution in [-0.4, -0.2) is 22.3 Å². The predicted octanol–water partition coefficient (Wildman–Crippen LogP) is 3.61. The van der Waals surface area contributed by atoms with E-state index in [1.54, 1.807) is 0 Å². The summed E-state index contributed by atoms with van der Waals surface area (Å²) in [7, 11) is 0. The molecule has 0 bridgehead atoms. The number of rotatable bonds is 2. The Bertz CT molecular complexity index is 1070. The minimum atomic E-state index is -4.69. The first kappa shape index (κ1) is 17.8. The Morgan fingerprint density at radius 1 is 1.14 bits per heavy atom. The van der Waals surface area contributed by atoms with Gasteiger partial charge in [-0.1, -0.05) is 0 Å². The number of benzene rings is 2. The molecule has 144 valence electrons. The largest absolute Gasteiger partial charge is 0.482 e. The number of carbonyl (C=O) groups is 1. The molecule has 3 aromatic rings. The van der Waals surface area contributed by atoms with Crippen LogP contribution in [0.15, 0.2) is 42.5 Å². The molecule has 2 heterocycles. The number of hydrogen-bond acceptors (Lipinski definition) is 4. The highest BCUT2D eigenvalue weighted by Gasteiger charge is 2.35. The van der Waals surface area contributed by atoms with Crippen molar-refractivity contribution >= 4 is 17.3 Å². The summed E-state index contributed by atoms with van der Waals surface area (Å²) >= 11 is 0. The highest BCUT2D eigenvalue weighted by molar-refractivity contribution is 5.97. The summed E-state index contributed by atoms with van der Waals surface area (Å²) in [5.74, 6) is -0.627. The molecule has 1 aliphatic rings. The van der Waals surface area contributed by atoms with E-state index in [-0.39, 0.29) is 34.9 Å². The third kappa shape index (κ3) is 3.13. The number of alkyl halides is 3. The van der Waals surface area contributed by atoms with E-state index in [1.807, 2.05) is 0 Å². The topological polar surface area (TPSA) is 82.2 Å². The third-order valence-electron chi connectivity index (χ3n) is 4.13. The van der Waals surface area contributed by atoms with Crippen LogP contribution in [-0.2, 0) is 11.0 Å². The van der Waals surface area contributed by atoms with Crippen LogP contribution in [0.2, 0.25) is 0 Å². The average molecular weight is 392 g/mol. The SMILES string of the molecule is Nc1cc2c(cc1-c1cc(C(F)(F)F)nn1-c1ccc(F)cc1)NC(=O)CO2. The third-order valence-corrected chi connectivity index (χ3v) is 4.13. The van der Waals surface area contributed by atoms with Gasteiger partial charge in [-0.3, -0.25) is 4.79 Å².